The quantitative estimate of drug-likeness (QED) is 0.536. The highest BCUT2D eigenvalue weighted by molar-refractivity contribution is 6.21. The highest BCUT2D eigenvalue weighted by atomic mass is 16.2. The summed E-state index contributed by atoms with van der Waals surface area (Å²) in [7, 11) is 1.69. The topological polar surface area (TPSA) is 86.8 Å². The highest BCUT2D eigenvalue weighted by Gasteiger charge is 2.34. The first kappa shape index (κ1) is 21.2. The lowest BCUT2D eigenvalue weighted by molar-refractivity contribution is -0.117. The smallest absolute Gasteiger partial charge is 0.261 e. The summed E-state index contributed by atoms with van der Waals surface area (Å²) in [5.41, 5.74) is 2.35. The maximum Gasteiger partial charge on any atom is 0.261 e. The summed E-state index contributed by atoms with van der Waals surface area (Å²) in [6, 6.07) is 13.9. The zero-order valence-corrected chi connectivity index (χ0v) is 17.2. The molecule has 3 rings (SSSR count). The van der Waals surface area contributed by atoms with Crippen molar-refractivity contribution in [3.8, 4) is 0 Å². The number of benzene rings is 2. The van der Waals surface area contributed by atoms with E-state index in [1.807, 2.05) is 0 Å². The van der Waals surface area contributed by atoms with Gasteiger partial charge in [-0.05, 0) is 49.2 Å². The monoisotopic (exact) mass is 407 g/mol. The average Bonchev–Trinajstić information content (AvgIpc) is 2.98. The Morgan fingerprint density at radius 1 is 0.900 bits per heavy atom. The minimum Gasteiger partial charge on any atom is -0.326 e. The Balaban J connectivity index is 1.38. The molecule has 30 heavy (non-hydrogen) atoms. The molecule has 1 N–H and O–H groups in total. The van der Waals surface area contributed by atoms with Gasteiger partial charge in [-0.3, -0.25) is 24.1 Å². The SMILES string of the molecule is CC(=O)N(C)c1ccc(NC(=O)CCCCCN2C(=O)c3ccccc3C2=O)cc1. The second-order valence-electron chi connectivity index (χ2n) is 7.29. The van der Waals surface area contributed by atoms with Crippen LogP contribution in [0.25, 0.3) is 0 Å². The van der Waals surface area contributed by atoms with Gasteiger partial charge in [0.05, 0.1) is 11.1 Å². The molecular formula is C23H25N3O4. The van der Waals surface area contributed by atoms with E-state index in [0.717, 1.165) is 12.1 Å². The van der Waals surface area contributed by atoms with Crippen LogP contribution in [0.1, 0.15) is 53.3 Å². The lowest BCUT2D eigenvalue weighted by Gasteiger charge is -2.15. The molecule has 1 aliphatic heterocycles. The number of fused-ring (bicyclic) bond motifs is 1. The van der Waals surface area contributed by atoms with Crippen LogP contribution in [-0.2, 0) is 9.59 Å². The standard InChI is InChI=1S/C23H25N3O4/c1-16(27)25(2)18-13-11-17(12-14-18)24-21(28)10-4-3-7-15-26-22(29)19-8-5-6-9-20(19)23(26)30/h5-6,8-9,11-14H,3-4,7,10,15H2,1-2H3,(H,24,28). The number of rotatable bonds is 8. The Labute approximate surface area is 175 Å². The van der Waals surface area contributed by atoms with Crippen molar-refractivity contribution in [2.24, 2.45) is 0 Å². The van der Waals surface area contributed by atoms with E-state index < -0.39 is 0 Å². The molecule has 7 nitrogen and oxygen atoms in total. The van der Waals surface area contributed by atoms with Crippen LogP contribution < -0.4 is 10.2 Å². The first-order valence-electron chi connectivity index (χ1n) is 9.98. The van der Waals surface area contributed by atoms with Gasteiger partial charge in [0, 0.05) is 38.3 Å². The Kier molecular flexibility index (Phi) is 6.61. The van der Waals surface area contributed by atoms with E-state index in [1.54, 1.807) is 55.6 Å². The third-order valence-corrected chi connectivity index (χ3v) is 5.17. The summed E-state index contributed by atoms with van der Waals surface area (Å²) in [6.07, 6.45) is 2.42. The molecule has 7 heteroatoms. The Morgan fingerprint density at radius 3 is 2.07 bits per heavy atom. The van der Waals surface area contributed by atoms with E-state index in [1.165, 1.54) is 16.7 Å². The predicted molar refractivity (Wildman–Crippen MR) is 114 cm³/mol. The van der Waals surface area contributed by atoms with Gasteiger partial charge >= 0.3 is 0 Å². The summed E-state index contributed by atoms with van der Waals surface area (Å²) in [5, 5.41) is 2.83. The zero-order valence-electron chi connectivity index (χ0n) is 17.2. The van der Waals surface area contributed by atoms with E-state index in [-0.39, 0.29) is 23.6 Å². The number of nitrogens with zero attached hydrogens (tertiary/aromatic N) is 2. The third-order valence-electron chi connectivity index (χ3n) is 5.17. The van der Waals surface area contributed by atoms with E-state index in [2.05, 4.69) is 5.32 Å². The maximum atomic E-state index is 12.3. The second-order valence-corrected chi connectivity index (χ2v) is 7.29. The van der Waals surface area contributed by atoms with Gasteiger partial charge in [-0.2, -0.15) is 0 Å². The highest BCUT2D eigenvalue weighted by Crippen LogP contribution is 2.23. The zero-order chi connectivity index (χ0) is 21.7. The second kappa shape index (κ2) is 9.35. The van der Waals surface area contributed by atoms with Crippen LogP contribution in [-0.4, -0.2) is 42.1 Å². The fourth-order valence-corrected chi connectivity index (χ4v) is 3.35. The molecule has 2 aromatic rings. The first-order chi connectivity index (χ1) is 14.4. The molecule has 2 aromatic carbocycles. The van der Waals surface area contributed by atoms with Gasteiger partial charge < -0.3 is 10.2 Å². The van der Waals surface area contributed by atoms with E-state index in [0.29, 0.717) is 42.6 Å². The molecule has 0 aromatic heterocycles. The number of hydrogen-bond donors (Lipinski definition) is 1. The summed E-state index contributed by atoms with van der Waals surface area (Å²) in [6.45, 7) is 1.85. The van der Waals surface area contributed by atoms with Gasteiger partial charge in [-0.1, -0.05) is 18.6 Å². The van der Waals surface area contributed by atoms with Gasteiger partial charge in [0.15, 0.2) is 0 Å². The molecule has 0 saturated carbocycles. The van der Waals surface area contributed by atoms with Gasteiger partial charge in [-0.25, -0.2) is 0 Å². The molecular weight excluding hydrogens is 382 g/mol. The Hall–Kier alpha value is -3.48. The number of anilines is 2. The first-order valence-corrected chi connectivity index (χ1v) is 9.98. The lowest BCUT2D eigenvalue weighted by Crippen LogP contribution is -2.30. The summed E-state index contributed by atoms with van der Waals surface area (Å²) in [5.74, 6) is -0.643. The number of imide groups is 1. The Bertz CT molecular complexity index is 934. The minimum atomic E-state index is -0.243. The molecule has 0 radical (unpaired) electrons. The summed E-state index contributed by atoms with van der Waals surface area (Å²) >= 11 is 0. The van der Waals surface area contributed by atoms with Crippen LogP contribution >= 0.6 is 0 Å². The van der Waals surface area contributed by atoms with Gasteiger partial charge in [0.2, 0.25) is 11.8 Å². The lowest BCUT2D eigenvalue weighted by atomic mass is 10.1. The van der Waals surface area contributed by atoms with Crippen LogP contribution in [0.15, 0.2) is 48.5 Å². The molecule has 1 heterocycles. The van der Waals surface area contributed by atoms with Crippen molar-refractivity contribution in [1.82, 2.24) is 4.90 Å². The molecule has 0 atom stereocenters. The van der Waals surface area contributed by atoms with Crippen molar-refractivity contribution < 1.29 is 19.2 Å². The average molecular weight is 407 g/mol. The number of carbonyl (C=O) groups excluding carboxylic acids is 4. The van der Waals surface area contributed by atoms with E-state index in [4.69, 9.17) is 0 Å². The van der Waals surface area contributed by atoms with Crippen molar-refractivity contribution in [3.63, 3.8) is 0 Å². The maximum absolute atomic E-state index is 12.3. The molecule has 0 unspecified atom stereocenters. The molecule has 0 saturated heterocycles. The number of amides is 4. The van der Waals surface area contributed by atoms with Crippen LogP contribution in [0.2, 0.25) is 0 Å². The fourth-order valence-electron chi connectivity index (χ4n) is 3.35. The Morgan fingerprint density at radius 2 is 1.50 bits per heavy atom. The van der Waals surface area contributed by atoms with Gasteiger partial charge in [-0.15, -0.1) is 0 Å². The molecule has 0 fully saturated rings. The number of hydrogen-bond acceptors (Lipinski definition) is 4. The fraction of sp³-hybridized carbons (Fsp3) is 0.304. The predicted octanol–water partition coefficient (Wildman–Crippen LogP) is 3.46. The molecule has 1 aliphatic rings. The number of unbranched alkanes of at least 4 members (excludes halogenated alkanes) is 2. The molecule has 0 aliphatic carbocycles. The molecule has 0 spiro atoms. The number of carbonyl (C=O) groups is 4. The van der Waals surface area contributed by atoms with Crippen molar-refractivity contribution >= 4 is 35.0 Å². The van der Waals surface area contributed by atoms with Crippen LogP contribution in [0.5, 0.6) is 0 Å². The van der Waals surface area contributed by atoms with E-state index >= 15 is 0 Å². The van der Waals surface area contributed by atoms with Crippen molar-refractivity contribution in [2.75, 3.05) is 23.8 Å². The summed E-state index contributed by atoms with van der Waals surface area (Å²) in [4.78, 5) is 50.9. The number of nitrogens with one attached hydrogen (secondary N) is 1. The molecule has 4 amide bonds. The van der Waals surface area contributed by atoms with Crippen molar-refractivity contribution in [2.45, 2.75) is 32.6 Å². The third kappa shape index (κ3) is 4.74. The molecule has 156 valence electrons. The van der Waals surface area contributed by atoms with Crippen molar-refractivity contribution in [3.05, 3.63) is 59.7 Å². The minimum absolute atomic E-state index is 0.0620. The van der Waals surface area contributed by atoms with Gasteiger partial charge in [0.1, 0.15) is 0 Å². The normalized spacial score (nSPS) is 12.7. The van der Waals surface area contributed by atoms with Crippen LogP contribution in [0.3, 0.4) is 0 Å². The van der Waals surface area contributed by atoms with Crippen molar-refractivity contribution in [1.29, 1.82) is 0 Å². The summed E-state index contributed by atoms with van der Waals surface area (Å²) < 4.78 is 0. The van der Waals surface area contributed by atoms with Crippen LogP contribution in [0.4, 0.5) is 11.4 Å². The molecule has 0 bridgehead atoms. The largest absolute Gasteiger partial charge is 0.326 e. The van der Waals surface area contributed by atoms with E-state index in [9.17, 15) is 19.2 Å². The van der Waals surface area contributed by atoms with Gasteiger partial charge in [0.25, 0.3) is 11.8 Å². The van der Waals surface area contributed by atoms with Crippen LogP contribution in [0, 0.1) is 0 Å².